The monoisotopic (exact) mass is 267 g/mol. The zero-order chi connectivity index (χ0) is 13.3. The minimum atomic E-state index is -0.0804. The van der Waals surface area contributed by atoms with Gasteiger partial charge < -0.3 is 9.84 Å². The highest BCUT2D eigenvalue weighted by Crippen LogP contribution is 2.51. The normalized spacial score (nSPS) is 39.0. The van der Waals surface area contributed by atoms with Crippen molar-refractivity contribution in [2.45, 2.75) is 76.0 Å². The van der Waals surface area contributed by atoms with Crippen LogP contribution in [0.1, 0.15) is 57.8 Å². The first-order valence-electron chi connectivity index (χ1n) is 8.19. The Morgan fingerprint density at radius 3 is 2.58 bits per heavy atom. The third kappa shape index (κ3) is 2.70. The number of ether oxygens (including phenoxy) is 1. The minimum absolute atomic E-state index is 0.0804. The third-order valence-corrected chi connectivity index (χ3v) is 5.98. The highest BCUT2D eigenvalue weighted by atomic mass is 16.5. The summed E-state index contributed by atoms with van der Waals surface area (Å²) in [5.41, 5.74) is 0.505. The average Bonchev–Trinajstić information content (AvgIpc) is 2.91. The zero-order valence-corrected chi connectivity index (χ0v) is 12.3. The number of aliphatic hydroxyl groups excluding tert-OH is 1. The summed E-state index contributed by atoms with van der Waals surface area (Å²) in [5, 5.41) is 10.1. The van der Waals surface area contributed by atoms with Crippen LogP contribution < -0.4 is 0 Å². The summed E-state index contributed by atoms with van der Waals surface area (Å²) in [5.74, 6) is 0. The van der Waals surface area contributed by atoms with Gasteiger partial charge in [0.2, 0.25) is 0 Å². The number of rotatable bonds is 2. The lowest BCUT2D eigenvalue weighted by Gasteiger charge is -2.50. The maximum Gasteiger partial charge on any atom is 0.0621 e. The van der Waals surface area contributed by atoms with Crippen molar-refractivity contribution in [2.24, 2.45) is 5.41 Å². The second-order valence-electron chi connectivity index (χ2n) is 7.05. The van der Waals surface area contributed by atoms with Crippen LogP contribution in [0.3, 0.4) is 0 Å². The number of hydrogen-bond acceptors (Lipinski definition) is 3. The molecule has 110 valence electrons. The second-order valence-corrected chi connectivity index (χ2v) is 7.05. The summed E-state index contributed by atoms with van der Waals surface area (Å²) in [6, 6.07) is 1.15. The molecule has 0 aromatic carbocycles. The van der Waals surface area contributed by atoms with Crippen molar-refractivity contribution in [1.29, 1.82) is 0 Å². The fourth-order valence-corrected chi connectivity index (χ4v) is 4.81. The summed E-state index contributed by atoms with van der Waals surface area (Å²) < 4.78 is 5.67. The van der Waals surface area contributed by atoms with Gasteiger partial charge in [-0.15, -0.1) is 0 Å². The molecule has 0 aromatic heterocycles. The molecule has 0 radical (unpaired) electrons. The Labute approximate surface area is 117 Å². The van der Waals surface area contributed by atoms with E-state index in [2.05, 4.69) is 11.9 Å². The third-order valence-electron chi connectivity index (χ3n) is 5.98. The molecule has 1 heterocycles. The van der Waals surface area contributed by atoms with E-state index in [-0.39, 0.29) is 6.10 Å². The molecule has 1 saturated heterocycles. The molecule has 0 amide bonds. The Morgan fingerprint density at radius 1 is 1.11 bits per heavy atom. The van der Waals surface area contributed by atoms with E-state index in [0.717, 1.165) is 26.1 Å². The van der Waals surface area contributed by atoms with Gasteiger partial charge in [-0.1, -0.05) is 12.8 Å². The number of nitrogens with zero attached hydrogens (tertiary/aromatic N) is 1. The maximum absolute atomic E-state index is 10.1. The summed E-state index contributed by atoms with van der Waals surface area (Å²) in [7, 11) is 2.28. The average molecular weight is 267 g/mol. The maximum atomic E-state index is 10.1. The molecule has 3 fully saturated rings. The minimum Gasteiger partial charge on any atom is -0.393 e. The Morgan fingerprint density at radius 2 is 1.89 bits per heavy atom. The molecule has 3 aliphatic rings. The topological polar surface area (TPSA) is 32.7 Å². The van der Waals surface area contributed by atoms with Crippen molar-refractivity contribution in [1.82, 2.24) is 4.90 Å². The molecule has 0 bridgehead atoms. The Kier molecular flexibility index (Phi) is 4.16. The second kappa shape index (κ2) is 5.71. The van der Waals surface area contributed by atoms with E-state index < -0.39 is 0 Å². The summed E-state index contributed by atoms with van der Waals surface area (Å²) in [4.78, 5) is 2.58. The van der Waals surface area contributed by atoms with Crippen LogP contribution in [0.15, 0.2) is 0 Å². The fraction of sp³-hybridized carbons (Fsp3) is 1.00. The molecule has 3 nitrogen and oxygen atoms in total. The molecule has 3 unspecified atom stereocenters. The van der Waals surface area contributed by atoms with Gasteiger partial charge in [-0.25, -0.2) is 0 Å². The molecular weight excluding hydrogens is 238 g/mol. The molecule has 3 heteroatoms. The quantitative estimate of drug-likeness (QED) is 0.834. The Balaban J connectivity index is 1.74. The van der Waals surface area contributed by atoms with Crippen molar-refractivity contribution in [3.8, 4) is 0 Å². The van der Waals surface area contributed by atoms with Crippen LogP contribution in [0.2, 0.25) is 0 Å². The summed E-state index contributed by atoms with van der Waals surface area (Å²) in [6.07, 6.45) is 11.1. The molecule has 2 saturated carbocycles. The smallest absolute Gasteiger partial charge is 0.0621 e. The van der Waals surface area contributed by atoms with E-state index in [4.69, 9.17) is 4.74 Å². The van der Waals surface area contributed by atoms with Crippen LogP contribution in [-0.2, 0) is 4.74 Å². The van der Waals surface area contributed by atoms with Gasteiger partial charge in [0.05, 0.1) is 12.7 Å². The zero-order valence-electron chi connectivity index (χ0n) is 12.3. The van der Waals surface area contributed by atoms with E-state index in [1.807, 2.05) is 0 Å². The van der Waals surface area contributed by atoms with Crippen LogP contribution >= 0.6 is 0 Å². The number of likely N-dealkylation sites (N-methyl/N-ethyl adjacent to an activating group) is 1. The van der Waals surface area contributed by atoms with Crippen molar-refractivity contribution in [2.75, 3.05) is 20.3 Å². The predicted octanol–water partition coefficient (Wildman–Crippen LogP) is 2.57. The largest absolute Gasteiger partial charge is 0.393 e. The van der Waals surface area contributed by atoms with Gasteiger partial charge in [-0.05, 0) is 57.4 Å². The lowest BCUT2D eigenvalue weighted by atomic mass is 9.67. The van der Waals surface area contributed by atoms with Crippen LogP contribution in [0.25, 0.3) is 0 Å². The van der Waals surface area contributed by atoms with Gasteiger partial charge in [0.15, 0.2) is 0 Å². The Bertz CT molecular complexity index is 295. The molecule has 2 aliphatic carbocycles. The molecule has 19 heavy (non-hydrogen) atoms. The van der Waals surface area contributed by atoms with Crippen molar-refractivity contribution in [3.05, 3.63) is 0 Å². The first-order valence-corrected chi connectivity index (χ1v) is 8.19. The molecule has 1 spiro atoms. The van der Waals surface area contributed by atoms with E-state index in [9.17, 15) is 5.11 Å². The van der Waals surface area contributed by atoms with Crippen LogP contribution in [0, 0.1) is 5.41 Å². The Hall–Kier alpha value is -0.120. The van der Waals surface area contributed by atoms with Crippen LogP contribution in [0.5, 0.6) is 0 Å². The summed E-state index contributed by atoms with van der Waals surface area (Å²) >= 11 is 0. The van der Waals surface area contributed by atoms with E-state index in [1.54, 1.807) is 0 Å². The highest BCUT2D eigenvalue weighted by Gasteiger charge is 2.47. The van der Waals surface area contributed by atoms with E-state index in [1.165, 1.54) is 44.9 Å². The SMILES string of the molecule is CN(C1CCCOC1)C1CC(O)CCC12CCCC2. The van der Waals surface area contributed by atoms with Gasteiger partial charge in [0.25, 0.3) is 0 Å². The van der Waals surface area contributed by atoms with Crippen LogP contribution in [0.4, 0.5) is 0 Å². The van der Waals surface area contributed by atoms with Gasteiger partial charge in [-0.2, -0.15) is 0 Å². The van der Waals surface area contributed by atoms with E-state index >= 15 is 0 Å². The van der Waals surface area contributed by atoms with Crippen molar-refractivity contribution in [3.63, 3.8) is 0 Å². The first kappa shape index (κ1) is 13.8. The lowest BCUT2D eigenvalue weighted by Crippen LogP contribution is -2.55. The number of aliphatic hydroxyl groups is 1. The van der Waals surface area contributed by atoms with Gasteiger partial charge >= 0.3 is 0 Å². The predicted molar refractivity (Wildman–Crippen MR) is 76.2 cm³/mol. The van der Waals surface area contributed by atoms with Gasteiger partial charge in [-0.3, -0.25) is 4.90 Å². The molecular formula is C16H29NO2. The van der Waals surface area contributed by atoms with Crippen molar-refractivity contribution < 1.29 is 9.84 Å². The molecule has 1 aliphatic heterocycles. The summed E-state index contributed by atoms with van der Waals surface area (Å²) in [6.45, 7) is 1.82. The molecule has 3 rings (SSSR count). The highest BCUT2D eigenvalue weighted by molar-refractivity contribution is 5.01. The standard InChI is InChI=1S/C16H29NO2/c1-17(13-5-4-10-19-12-13)15-11-14(18)6-9-16(15)7-2-3-8-16/h13-15,18H,2-12H2,1H3. The van der Waals surface area contributed by atoms with Gasteiger partial charge in [0, 0.05) is 18.7 Å². The number of hydrogen-bond donors (Lipinski definition) is 1. The van der Waals surface area contributed by atoms with Gasteiger partial charge in [0.1, 0.15) is 0 Å². The lowest BCUT2D eigenvalue weighted by molar-refractivity contribution is -0.0606. The van der Waals surface area contributed by atoms with E-state index in [0.29, 0.717) is 17.5 Å². The van der Waals surface area contributed by atoms with Crippen molar-refractivity contribution >= 4 is 0 Å². The molecule has 3 atom stereocenters. The molecule has 0 aromatic rings. The molecule has 1 N–H and O–H groups in total. The van der Waals surface area contributed by atoms with Crippen LogP contribution in [-0.4, -0.2) is 48.5 Å². The first-order chi connectivity index (χ1) is 9.21. The fourth-order valence-electron chi connectivity index (χ4n) is 4.81.